The Balaban J connectivity index is 1.89. The van der Waals surface area contributed by atoms with Crippen molar-refractivity contribution in [2.24, 2.45) is 0 Å². The Labute approximate surface area is 154 Å². The second-order valence-corrected chi connectivity index (χ2v) is 6.19. The fourth-order valence-electron chi connectivity index (χ4n) is 3.29. The zero-order valence-electron chi connectivity index (χ0n) is 14.9. The van der Waals surface area contributed by atoms with Crippen LogP contribution in [0.1, 0.15) is 40.5 Å². The molecule has 1 saturated heterocycles. The van der Waals surface area contributed by atoms with Gasteiger partial charge in [-0.2, -0.15) is 13.2 Å². The Morgan fingerprint density at radius 3 is 2.56 bits per heavy atom. The van der Waals surface area contributed by atoms with Crippen molar-refractivity contribution in [2.75, 3.05) is 20.8 Å². The van der Waals surface area contributed by atoms with Gasteiger partial charge in [0.2, 0.25) is 0 Å². The number of rotatable bonds is 4. The van der Waals surface area contributed by atoms with Gasteiger partial charge in [-0.1, -0.05) is 0 Å². The molecule has 1 fully saturated rings. The van der Waals surface area contributed by atoms with Gasteiger partial charge in [-0.05, 0) is 43.2 Å². The molecule has 0 N–H and O–H groups in total. The van der Waals surface area contributed by atoms with Crippen LogP contribution in [0.25, 0.3) is 0 Å². The minimum atomic E-state index is -4.54. The van der Waals surface area contributed by atoms with E-state index in [2.05, 4.69) is 4.98 Å². The summed E-state index contributed by atoms with van der Waals surface area (Å²) >= 11 is 0. The largest absolute Gasteiger partial charge is 0.497 e. The van der Waals surface area contributed by atoms with Gasteiger partial charge in [0, 0.05) is 18.3 Å². The van der Waals surface area contributed by atoms with E-state index in [1.165, 1.54) is 0 Å². The molecule has 144 valence electrons. The number of halogens is 3. The topological polar surface area (TPSA) is 51.7 Å². The number of likely N-dealkylation sites (tertiary alicyclic amines) is 1. The first-order valence-corrected chi connectivity index (χ1v) is 8.41. The van der Waals surface area contributed by atoms with Gasteiger partial charge >= 0.3 is 6.18 Å². The molecule has 0 spiro atoms. The lowest BCUT2D eigenvalue weighted by molar-refractivity contribution is -0.141. The summed E-state index contributed by atoms with van der Waals surface area (Å²) in [5.41, 5.74) is -0.0918. The van der Waals surface area contributed by atoms with Gasteiger partial charge in [-0.15, -0.1) is 0 Å². The van der Waals surface area contributed by atoms with Crippen LogP contribution in [0.4, 0.5) is 13.2 Å². The molecule has 1 aliphatic rings. The van der Waals surface area contributed by atoms with E-state index in [9.17, 15) is 18.0 Å². The lowest BCUT2D eigenvalue weighted by Gasteiger charge is -2.26. The number of nitrogens with zero attached hydrogens (tertiary/aromatic N) is 2. The molecule has 27 heavy (non-hydrogen) atoms. The van der Waals surface area contributed by atoms with E-state index >= 15 is 0 Å². The second kappa shape index (κ2) is 7.46. The van der Waals surface area contributed by atoms with E-state index in [-0.39, 0.29) is 17.5 Å². The quantitative estimate of drug-likeness (QED) is 0.802. The first-order chi connectivity index (χ1) is 12.8. The van der Waals surface area contributed by atoms with Gasteiger partial charge < -0.3 is 14.4 Å². The summed E-state index contributed by atoms with van der Waals surface area (Å²) in [6.07, 6.45) is -2.05. The van der Waals surface area contributed by atoms with E-state index in [0.29, 0.717) is 18.0 Å². The number of aromatic nitrogens is 1. The summed E-state index contributed by atoms with van der Waals surface area (Å²) in [7, 11) is 3.10. The van der Waals surface area contributed by atoms with Gasteiger partial charge in [0.05, 0.1) is 25.8 Å². The lowest BCUT2D eigenvalue weighted by atomic mass is 10.0. The molecule has 1 atom stereocenters. The average molecular weight is 380 g/mol. The number of carbonyl (C=O) groups excluding carboxylic acids is 1. The molecular formula is C19H19F3N2O3. The van der Waals surface area contributed by atoms with Crippen molar-refractivity contribution in [1.29, 1.82) is 0 Å². The van der Waals surface area contributed by atoms with Gasteiger partial charge in [-0.3, -0.25) is 9.78 Å². The van der Waals surface area contributed by atoms with Crippen LogP contribution in [0.15, 0.2) is 36.5 Å². The highest BCUT2D eigenvalue weighted by Crippen LogP contribution is 2.39. The predicted molar refractivity (Wildman–Crippen MR) is 91.8 cm³/mol. The molecule has 2 heterocycles. The van der Waals surface area contributed by atoms with Gasteiger partial charge in [0.15, 0.2) is 0 Å². The molecule has 8 heteroatoms. The van der Waals surface area contributed by atoms with Crippen molar-refractivity contribution in [3.8, 4) is 11.5 Å². The average Bonchev–Trinajstić information content (AvgIpc) is 3.15. The molecular weight excluding hydrogens is 361 g/mol. The van der Waals surface area contributed by atoms with Crippen LogP contribution in [0, 0.1) is 0 Å². The van der Waals surface area contributed by atoms with E-state index in [0.717, 1.165) is 36.7 Å². The van der Waals surface area contributed by atoms with Crippen LogP contribution in [-0.2, 0) is 6.18 Å². The third-order valence-electron chi connectivity index (χ3n) is 4.61. The molecule has 1 aromatic heterocycles. The smallest absolute Gasteiger partial charge is 0.433 e. The van der Waals surface area contributed by atoms with Crippen LogP contribution in [0.2, 0.25) is 0 Å². The van der Waals surface area contributed by atoms with Crippen molar-refractivity contribution in [1.82, 2.24) is 9.88 Å². The molecule has 0 radical (unpaired) electrons. The van der Waals surface area contributed by atoms with Crippen LogP contribution < -0.4 is 9.47 Å². The standard InChI is InChI=1S/C19H19F3N2O3/c1-26-13-6-7-16(27-2)14(10-13)15-4-3-9-24(15)18(25)12-5-8-17(23-11-12)19(20,21)22/h5-8,10-11,15H,3-4,9H2,1-2H3/t15-/m1/s1. The second-order valence-electron chi connectivity index (χ2n) is 6.19. The minimum Gasteiger partial charge on any atom is -0.497 e. The maximum absolute atomic E-state index is 12.9. The Morgan fingerprint density at radius 2 is 1.96 bits per heavy atom. The normalized spacial score (nSPS) is 17.1. The first-order valence-electron chi connectivity index (χ1n) is 8.41. The summed E-state index contributed by atoms with van der Waals surface area (Å²) in [6, 6.07) is 7.10. The lowest BCUT2D eigenvalue weighted by Crippen LogP contribution is -2.31. The highest BCUT2D eigenvalue weighted by molar-refractivity contribution is 5.94. The Bertz CT molecular complexity index is 822. The zero-order chi connectivity index (χ0) is 19.6. The van der Waals surface area contributed by atoms with Crippen molar-refractivity contribution in [3.63, 3.8) is 0 Å². The molecule has 1 aromatic carbocycles. The molecule has 1 aliphatic heterocycles. The summed E-state index contributed by atoms with van der Waals surface area (Å²) in [5.74, 6) is 0.913. The van der Waals surface area contributed by atoms with Crippen molar-refractivity contribution in [2.45, 2.75) is 25.1 Å². The highest BCUT2D eigenvalue weighted by Gasteiger charge is 2.35. The van der Waals surface area contributed by atoms with Gasteiger partial charge in [-0.25, -0.2) is 0 Å². The third-order valence-corrected chi connectivity index (χ3v) is 4.61. The van der Waals surface area contributed by atoms with Crippen molar-refractivity contribution >= 4 is 5.91 Å². The summed E-state index contributed by atoms with van der Waals surface area (Å²) in [4.78, 5) is 17.9. The number of benzene rings is 1. The van der Waals surface area contributed by atoms with E-state index in [1.807, 2.05) is 6.07 Å². The van der Waals surface area contributed by atoms with Crippen LogP contribution >= 0.6 is 0 Å². The first kappa shape index (κ1) is 19.0. The minimum absolute atomic E-state index is 0.122. The summed E-state index contributed by atoms with van der Waals surface area (Å²) in [5, 5.41) is 0. The number of pyridine rings is 1. The van der Waals surface area contributed by atoms with Gasteiger partial charge in [0.1, 0.15) is 17.2 Å². The number of amides is 1. The van der Waals surface area contributed by atoms with Crippen LogP contribution in [-0.4, -0.2) is 36.6 Å². The summed E-state index contributed by atoms with van der Waals surface area (Å²) in [6.45, 7) is 0.505. The van der Waals surface area contributed by atoms with Crippen LogP contribution in [0.5, 0.6) is 11.5 Å². The Morgan fingerprint density at radius 1 is 1.19 bits per heavy atom. The van der Waals surface area contributed by atoms with Gasteiger partial charge in [0.25, 0.3) is 5.91 Å². The van der Waals surface area contributed by atoms with E-state index < -0.39 is 11.9 Å². The molecule has 0 bridgehead atoms. The van der Waals surface area contributed by atoms with Crippen LogP contribution in [0.3, 0.4) is 0 Å². The molecule has 0 aliphatic carbocycles. The Hall–Kier alpha value is -2.77. The van der Waals surface area contributed by atoms with E-state index in [1.54, 1.807) is 31.3 Å². The third kappa shape index (κ3) is 3.84. The number of ether oxygens (including phenoxy) is 2. The van der Waals surface area contributed by atoms with Crippen molar-refractivity contribution < 1.29 is 27.4 Å². The zero-order valence-corrected chi connectivity index (χ0v) is 14.9. The maximum atomic E-state index is 12.9. The fraction of sp³-hybridized carbons (Fsp3) is 0.368. The fourth-order valence-corrected chi connectivity index (χ4v) is 3.29. The van der Waals surface area contributed by atoms with Crippen molar-refractivity contribution in [3.05, 3.63) is 53.3 Å². The predicted octanol–water partition coefficient (Wildman–Crippen LogP) is 4.09. The molecule has 0 unspecified atom stereocenters. The number of carbonyl (C=O) groups is 1. The Kier molecular flexibility index (Phi) is 5.25. The molecule has 3 rings (SSSR count). The molecule has 2 aromatic rings. The number of alkyl halides is 3. The molecule has 0 saturated carbocycles. The molecule has 1 amide bonds. The number of hydrogen-bond acceptors (Lipinski definition) is 4. The molecule has 5 nitrogen and oxygen atoms in total. The number of methoxy groups -OCH3 is 2. The number of hydrogen-bond donors (Lipinski definition) is 0. The maximum Gasteiger partial charge on any atom is 0.433 e. The monoisotopic (exact) mass is 380 g/mol. The SMILES string of the molecule is COc1ccc(OC)c([C@H]2CCCN2C(=O)c2ccc(C(F)(F)F)nc2)c1. The van der Waals surface area contributed by atoms with E-state index in [4.69, 9.17) is 9.47 Å². The highest BCUT2D eigenvalue weighted by atomic mass is 19.4. The summed E-state index contributed by atoms with van der Waals surface area (Å²) < 4.78 is 48.7.